The summed E-state index contributed by atoms with van der Waals surface area (Å²) in [6, 6.07) is -1.60. The highest BCUT2D eigenvalue weighted by Crippen LogP contribution is 2.06. The van der Waals surface area contributed by atoms with E-state index in [4.69, 9.17) is 4.74 Å². The van der Waals surface area contributed by atoms with Gasteiger partial charge in [-0.1, -0.05) is 0 Å². The first kappa shape index (κ1) is 17.2. The highest BCUT2D eigenvalue weighted by atomic mass is 16.6. The van der Waals surface area contributed by atoms with Crippen LogP contribution in [0.25, 0.3) is 0 Å². The van der Waals surface area contributed by atoms with Crippen molar-refractivity contribution in [2.45, 2.75) is 52.3 Å². The molecule has 0 aromatic carbocycles. The fourth-order valence-electron chi connectivity index (χ4n) is 1.12. The average Bonchev–Trinajstić information content (AvgIpc) is 2.24. The Morgan fingerprint density at radius 1 is 1.00 bits per heavy atom. The van der Waals surface area contributed by atoms with Crippen LogP contribution >= 0.6 is 0 Å². The van der Waals surface area contributed by atoms with E-state index in [0.717, 1.165) is 0 Å². The highest BCUT2D eigenvalue weighted by molar-refractivity contribution is 5.89. The Bertz CT molecular complexity index is 349. The van der Waals surface area contributed by atoms with E-state index in [2.05, 4.69) is 15.4 Å². The molecule has 0 spiro atoms. The number of nitrogens with one attached hydrogen (secondary N) is 2. The maximum absolute atomic E-state index is 11.7. The van der Waals surface area contributed by atoms with Crippen molar-refractivity contribution in [1.29, 1.82) is 0 Å². The van der Waals surface area contributed by atoms with Gasteiger partial charge in [0.1, 0.15) is 17.7 Å². The Balaban J connectivity index is 4.28. The molecule has 7 heteroatoms. The zero-order valence-electron chi connectivity index (χ0n) is 12.2. The lowest BCUT2D eigenvalue weighted by Gasteiger charge is -2.22. The molecular weight excluding hydrogens is 252 g/mol. The Morgan fingerprint density at radius 2 is 1.53 bits per heavy atom. The van der Waals surface area contributed by atoms with Crippen LogP contribution in [0.3, 0.4) is 0 Å². The van der Waals surface area contributed by atoms with Crippen molar-refractivity contribution in [2.24, 2.45) is 0 Å². The molecule has 7 nitrogen and oxygen atoms in total. The van der Waals surface area contributed by atoms with E-state index in [1.54, 1.807) is 20.8 Å². The van der Waals surface area contributed by atoms with Crippen molar-refractivity contribution < 1.29 is 23.9 Å². The number of hydrogen-bond donors (Lipinski definition) is 2. The summed E-state index contributed by atoms with van der Waals surface area (Å²) in [7, 11) is 1.23. The smallest absolute Gasteiger partial charge is 0.408 e. The van der Waals surface area contributed by atoms with Gasteiger partial charge >= 0.3 is 12.1 Å². The topological polar surface area (TPSA) is 93.7 Å². The fourth-order valence-corrected chi connectivity index (χ4v) is 1.12. The number of amides is 2. The minimum atomic E-state index is -0.818. The van der Waals surface area contributed by atoms with Gasteiger partial charge in [-0.2, -0.15) is 0 Å². The van der Waals surface area contributed by atoms with Crippen LogP contribution in [-0.2, 0) is 19.1 Å². The van der Waals surface area contributed by atoms with Crippen LogP contribution in [0.2, 0.25) is 0 Å². The monoisotopic (exact) mass is 274 g/mol. The molecule has 0 heterocycles. The van der Waals surface area contributed by atoms with Gasteiger partial charge < -0.3 is 20.1 Å². The zero-order chi connectivity index (χ0) is 15.2. The molecule has 2 atom stereocenters. The van der Waals surface area contributed by atoms with E-state index >= 15 is 0 Å². The second kappa shape index (κ2) is 6.96. The number of hydrogen-bond acceptors (Lipinski definition) is 5. The molecule has 1 unspecified atom stereocenters. The minimum Gasteiger partial charge on any atom is -0.467 e. The number of esters is 1. The summed E-state index contributed by atoms with van der Waals surface area (Å²) in [4.78, 5) is 34.3. The first-order valence-corrected chi connectivity index (χ1v) is 5.94. The second-order valence-corrected chi connectivity index (χ2v) is 5.12. The van der Waals surface area contributed by atoms with Gasteiger partial charge in [-0.05, 0) is 34.6 Å². The number of methoxy groups -OCH3 is 1. The third-order valence-electron chi connectivity index (χ3n) is 2.04. The molecular formula is C12H22N2O5. The standard InChI is InChI=1S/C12H22N2O5/c1-7(14-11(17)19-12(3,4)5)9(15)13-8(2)10(16)18-6/h7-8H,1-6H3,(H,13,15)(H,14,17)/t7?,8-/m1/s1. The van der Waals surface area contributed by atoms with Crippen LogP contribution in [0.15, 0.2) is 0 Å². The molecule has 0 aliphatic heterocycles. The maximum Gasteiger partial charge on any atom is 0.408 e. The third-order valence-corrected chi connectivity index (χ3v) is 2.04. The SMILES string of the molecule is COC(=O)[C@@H](C)NC(=O)C(C)NC(=O)OC(C)(C)C. The Kier molecular flexibility index (Phi) is 6.31. The van der Waals surface area contributed by atoms with Gasteiger partial charge in [-0.15, -0.1) is 0 Å². The first-order valence-electron chi connectivity index (χ1n) is 5.94. The van der Waals surface area contributed by atoms with E-state index < -0.39 is 35.7 Å². The Labute approximate surface area is 113 Å². The van der Waals surface area contributed by atoms with Gasteiger partial charge in [0, 0.05) is 0 Å². The number of ether oxygens (including phenoxy) is 2. The van der Waals surface area contributed by atoms with E-state index in [-0.39, 0.29) is 0 Å². The van der Waals surface area contributed by atoms with Gasteiger partial charge in [0.2, 0.25) is 5.91 Å². The summed E-state index contributed by atoms with van der Waals surface area (Å²) in [5.41, 5.74) is -0.639. The number of rotatable bonds is 4. The molecule has 0 fully saturated rings. The van der Waals surface area contributed by atoms with Crippen LogP contribution in [0.1, 0.15) is 34.6 Å². The summed E-state index contributed by atoms with van der Waals surface area (Å²) in [6.45, 7) is 8.14. The van der Waals surface area contributed by atoms with Crippen molar-refractivity contribution >= 4 is 18.0 Å². The summed E-state index contributed by atoms with van der Waals surface area (Å²) < 4.78 is 9.48. The molecule has 0 radical (unpaired) electrons. The zero-order valence-corrected chi connectivity index (χ0v) is 12.2. The summed E-state index contributed by atoms with van der Waals surface area (Å²) in [5, 5.41) is 4.79. The van der Waals surface area contributed by atoms with E-state index in [1.807, 2.05) is 0 Å². The lowest BCUT2D eigenvalue weighted by Crippen LogP contribution is -2.50. The quantitative estimate of drug-likeness (QED) is 0.731. The molecule has 0 rings (SSSR count). The lowest BCUT2D eigenvalue weighted by atomic mass is 10.2. The summed E-state index contributed by atoms with van der Waals surface area (Å²) in [5.74, 6) is -1.05. The van der Waals surface area contributed by atoms with Crippen LogP contribution in [0.4, 0.5) is 4.79 Å². The number of carbonyl (C=O) groups excluding carboxylic acids is 3. The molecule has 110 valence electrons. The molecule has 2 N–H and O–H groups in total. The molecule has 0 saturated heterocycles. The molecule has 0 aromatic rings. The predicted molar refractivity (Wildman–Crippen MR) is 68.5 cm³/mol. The maximum atomic E-state index is 11.7. The van der Waals surface area contributed by atoms with Gasteiger partial charge in [-0.25, -0.2) is 9.59 Å². The van der Waals surface area contributed by atoms with E-state index in [0.29, 0.717) is 0 Å². The fraction of sp³-hybridized carbons (Fsp3) is 0.750. The van der Waals surface area contributed by atoms with Crippen LogP contribution in [-0.4, -0.2) is 42.8 Å². The molecule has 0 bridgehead atoms. The Hall–Kier alpha value is -1.79. The molecule has 0 saturated carbocycles. The molecule has 0 aliphatic carbocycles. The molecule has 0 aromatic heterocycles. The normalized spacial score (nSPS) is 14.0. The molecule has 19 heavy (non-hydrogen) atoms. The van der Waals surface area contributed by atoms with E-state index in [9.17, 15) is 14.4 Å². The van der Waals surface area contributed by atoms with Gasteiger partial charge in [0.05, 0.1) is 7.11 Å². The third kappa shape index (κ3) is 7.28. The van der Waals surface area contributed by atoms with Crippen molar-refractivity contribution in [1.82, 2.24) is 10.6 Å². The van der Waals surface area contributed by atoms with Gasteiger partial charge in [-0.3, -0.25) is 4.79 Å². The van der Waals surface area contributed by atoms with Crippen molar-refractivity contribution in [3.8, 4) is 0 Å². The van der Waals surface area contributed by atoms with Crippen molar-refractivity contribution in [2.75, 3.05) is 7.11 Å². The first-order chi connectivity index (χ1) is 8.56. The second-order valence-electron chi connectivity index (χ2n) is 5.12. The van der Waals surface area contributed by atoms with E-state index in [1.165, 1.54) is 21.0 Å². The van der Waals surface area contributed by atoms with Gasteiger partial charge in [0.15, 0.2) is 0 Å². The lowest BCUT2D eigenvalue weighted by molar-refractivity contribution is -0.144. The van der Waals surface area contributed by atoms with Crippen molar-refractivity contribution in [3.05, 3.63) is 0 Å². The number of carbonyl (C=O) groups is 3. The minimum absolute atomic E-state index is 0.497. The highest BCUT2D eigenvalue weighted by Gasteiger charge is 2.23. The predicted octanol–water partition coefficient (Wildman–Crippen LogP) is 0.577. The Morgan fingerprint density at radius 3 is 1.95 bits per heavy atom. The number of alkyl carbamates (subject to hydrolysis) is 1. The average molecular weight is 274 g/mol. The largest absolute Gasteiger partial charge is 0.467 e. The van der Waals surface area contributed by atoms with Crippen LogP contribution in [0, 0.1) is 0 Å². The van der Waals surface area contributed by atoms with Crippen molar-refractivity contribution in [3.63, 3.8) is 0 Å². The van der Waals surface area contributed by atoms with Gasteiger partial charge in [0.25, 0.3) is 0 Å². The molecule has 2 amide bonds. The summed E-state index contributed by atoms with van der Waals surface area (Å²) in [6.07, 6.45) is -0.694. The molecule has 0 aliphatic rings. The summed E-state index contributed by atoms with van der Waals surface area (Å²) >= 11 is 0. The van der Waals surface area contributed by atoms with Crippen LogP contribution in [0.5, 0.6) is 0 Å². The van der Waals surface area contributed by atoms with Crippen LogP contribution < -0.4 is 10.6 Å².